The van der Waals surface area contributed by atoms with E-state index in [-0.39, 0.29) is 42.3 Å². The quantitative estimate of drug-likeness (QED) is 0.620. The minimum atomic E-state index is -0.0240. The molecule has 1 aromatic carbocycles. The molecule has 1 aliphatic heterocycles. The Morgan fingerprint density at radius 1 is 1.03 bits per heavy atom. The first kappa shape index (κ1) is 20.3. The van der Waals surface area contributed by atoms with Crippen molar-refractivity contribution in [2.24, 2.45) is 5.92 Å². The van der Waals surface area contributed by atoms with E-state index >= 15 is 0 Å². The zero-order chi connectivity index (χ0) is 21.2. The molecular weight excluding hydrogens is 392 g/mol. The Morgan fingerprint density at radius 3 is 2.55 bits per heavy atom. The number of benzene rings is 1. The highest BCUT2D eigenvalue weighted by Crippen LogP contribution is 2.49. The fraction of sp³-hybridized carbons (Fsp3) is 0.520. The summed E-state index contributed by atoms with van der Waals surface area (Å²) in [6.45, 7) is 1.86. The molecule has 2 saturated carbocycles. The molecule has 1 saturated heterocycles. The first-order chi connectivity index (χ1) is 15.2. The molecule has 2 aliphatic carbocycles. The van der Waals surface area contributed by atoms with Gasteiger partial charge in [-0.25, -0.2) is 0 Å². The van der Waals surface area contributed by atoms with Gasteiger partial charge in [-0.1, -0.05) is 30.3 Å². The summed E-state index contributed by atoms with van der Waals surface area (Å²) in [5.74, 6) is 1.16. The fourth-order valence-electron chi connectivity index (χ4n) is 4.65. The highest BCUT2D eigenvalue weighted by molar-refractivity contribution is 5.88. The molecule has 1 aromatic heterocycles. The molecule has 0 radical (unpaired) electrons. The van der Waals surface area contributed by atoms with Gasteiger partial charge in [-0.2, -0.15) is 0 Å². The van der Waals surface area contributed by atoms with Crippen LogP contribution in [0.15, 0.2) is 53.1 Å². The van der Waals surface area contributed by atoms with E-state index in [1.807, 2.05) is 35.2 Å². The number of hydrogen-bond acceptors (Lipinski definition) is 4. The van der Waals surface area contributed by atoms with Crippen molar-refractivity contribution in [3.8, 4) is 0 Å². The molecule has 5 rings (SSSR count). The summed E-state index contributed by atoms with van der Waals surface area (Å²) >= 11 is 0. The van der Waals surface area contributed by atoms with Gasteiger partial charge in [0.05, 0.1) is 18.9 Å². The van der Waals surface area contributed by atoms with Crippen LogP contribution in [0.2, 0.25) is 0 Å². The van der Waals surface area contributed by atoms with Crippen LogP contribution >= 0.6 is 0 Å². The van der Waals surface area contributed by atoms with Crippen molar-refractivity contribution in [2.45, 2.75) is 56.7 Å². The fourth-order valence-corrected chi connectivity index (χ4v) is 4.65. The van der Waals surface area contributed by atoms with E-state index in [0.29, 0.717) is 13.1 Å². The van der Waals surface area contributed by atoms with E-state index in [9.17, 15) is 9.59 Å². The van der Waals surface area contributed by atoms with Gasteiger partial charge < -0.3 is 19.0 Å². The third kappa shape index (κ3) is 4.85. The summed E-state index contributed by atoms with van der Waals surface area (Å²) in [5.41, 5.74) is 1.22. The molecule has 2 heterocycles. The standard InChI is InChI=1S/C25H30N2O4/c28-24(26(15-20-8-4-12-30-20)16-21-9-5-13-31-21)17-27(19-10-11-19)25(29)23-14-22(23)18-6-2-1-3-7-18/h1-4,6-8,12,19,21-23H,5,9-11,13-17H2/t21-,22-,23+/m0/s1. The lowest BCUT2D eigenvalue weighted by Gasteiger charge is -2.29. The second-order valence-corrected chi connectivity index (χ2v) is 9.05. The number of carbonyl (C=O) groups excluding carboxylic acids is 2. The molecule has 164 valence electrons. The summed E-state index contributed by atoms with van der Waals surface area (Å²) in [7, 11) is 0. The summed E-state index contributed by atoms with van der Waals surface area (Å²) in [6.07, 6.45) is 6.55. The van der Waals surface area contributed by atoms with Crippen LogP contribution in [0, 0.1) is 5.92 Å². The second-order valence-electron chi connectivity index (χ2n) is 9.05. The zero-order valence-electron chi connectivity index (χ0n) is 17.8. The van der Waals surface area contributed by atoms with Gasteiger partial charge in [-0.3, -0.25) is 9.59 Å². The zero-order valence-corrected chi connectivity index (χ0v) is 17.8. The van der Waals surface area contributed by atoms with Crippen LogP contribution < -0.4 is 0 Å². The minimum absolute atomic E-state index is 0.00693. The monoisotopic (exact) mass is 422 g/mol. The molecule has 3 aliphatic rings. The average Bonchev–Trinajstić information content (AvgIpc) is 3.68. The summed E-state index contributed by atoms with van der Waals surface area (Å²) in [5, 5.41) is 0. The van der Waals surface area contributed by atoms with Crippen LogP contribution in [0.5, 0.6) is 0 Å². The predicted molar refractivity (Wildman–Crippen MR) is 115 cm³/mol. The smallest absolute Gasteiger partial charge is 0.242 e. The lowest BCUT2D eigenvalue weighted by atomic mass is 10.1. The molecule has 2 amide bonds. The highest BCUT2D eigenvalue weighted by Gasteiger charge is 2.48. The number of rotatable bonds is 9. The lowest BCUT2D eigenvalue weighted by molar-refractivity contribution is -0.143. The first-order valence-corrected chi connectivity index (χ1v) is 11.5. The Bertz CT molecular complexity index is 888. The molecule has 6 nitrogen and oxygen atoms in total. The number of furan rings is 1. The molecule has 0 unspecified atom stereocenters. The van der Waals surface area contributed by atoms with Gasteiger partial charge in [-0.05, 0) is 55.7 Å². The van der Waals surface area contributed by atoms with Crippen LogP contribution in [0.1, 0.15) is 49.3 Å². The number of carbonyl (C=O) groups is 2. The molecule has 6 heteroatoms. The van der Waals surface area contributed by atoms with Gasteiger partial charge in [0.1, 0.15) is 12.3 Å². The number of nitrogens with zero attached hydrogens (tertiary/aromatic N) is 2. The van der Waals surface area contributed by atoms with E-state index in [2.05, 4.69) is 12.1 Å². The SMILES string of the molecule is O=C(CN(C(=O)[C@@H]1C[C@H]1c1ccccc1)C1CC1)N(Cc1ccco1)C[C@@H]1CCCO1. The van der Waals surface area contributed by atoms with E-state index in [1.165, 1.54) is 5.56 Å². The Kier molecular flexibility index (Phi) is 5.81. The summed E-state index contributed by atoms with van der Waals surface area (Å²) in [6, 6.07) is 14.2. The normalized spacial score (nSPS) is 24.7. The third-order valence-electron chi connectivity index (χ3n) is 6.64. The minimum Gasteiger partial charge on any atom is -0.467 e. The van der Waals surface area contributed by atoms with Crippen LogP contribution in [0.3, 0.4) is 0 Å². The van der Waals surface area contributed by atoms with Crippen molar-refractivity contribution in [1.29, 1.82) is 0 Å². The summed E-state index contributed by atoms with van der Waals surface area (Å²) in [4.78, 5) is 30.3. The van der Waals surface area contributed by atoms with E-state index < -0.39 is 0 Å². The van der Waals surface area contributed by atoms with Gasteiger partial charge in [0, 0.05) is 25.1 Å². The van der Waals surface area contributed by atoms with Crippen molar-refractivity contribution < 1.29 is 18.7 Å². The van der Waals surface area contributed by atoms with Crippen LogP contribution in [-0.4, -0.2) is 53.5 Å². The number of ether oxygens (including phenoxy) is 1. The van der Waals surface area contributed by atoms with Crippen LogP contribution in [0.4, 0.5) is 0 Å². The van der Waals surface area contributed by atoms with Gasteiger partial charge in [0.15, 0.2) is 0 Å². The maximum Gasteiger partial charge on any atom is 0.242 e. The molecule has 3 atom stereocenters. The molecule has 3 fully saturated rings. The molecule has 0 spiro atoms. The largest absolute Gasteiger partial charge is 0.467 e. The van der Waals surface area contributed by atoms with Gasteiger partial charge in [-0.15, -0.1) is 0 Å². The Morgan fingerprint density at radius 2 is 1.87 bits per heavy atom. The predicted octanol–water partition coefficient (Wildman–Crippen LogP) is 3.58. The van der Waals surface area contributed by atoms with Crippen molar-refractivity contribution in [3.63, 3.8) is 0 Å². The van der Waals surface area contributed by atoms with E-state index in [4.69, 9.17) is 9.15 Å². The van der Waals surface area contributed by atoms with Crippen molar-refractivity contribution in [1.82, 2.24) is 9.80 Å². The van der Waals surface area contributed by atoms with Gasteiger partial charge in [0.2, 0.25) is 11.8 Å². The van der Waals surface area contributed by atoms with Crippen molar-refractivity contribution in [2.75, 3.05) is 19.7 Å². The molecule has 0 bridgehead atoms. The summed E-state index contributed by atoms with van der Waals surface area (Å²) < 4.78 is 11.3. The lowest BCUT2D eigenvalue weighted by Crippen LogP contribution is -2.46. The van der Waals surface area contributed by atoms with E-state index in [1.54, 1.807) is 11.2 Å². The molecular formula is C25H30N2O4. The molecule has 2 aromatic rings. The molecule has 0 N–H and O–H groups in total. The molecule has 31 heavy (non-hydrogen) atoms. The Balaban J connectivity index is 1.25. The Hall–Kier alpha value is -2.60. The van der Waals surface area contributed by atoms with Crippen LogP contribution in [0.25, 0.3) is 0 Å². The third-order valence-corrected chi connectivity index (χ3v) is 6.64. The van der Waals surface area contributed by atoms with Gasteiger partial charge >= 0.3 is 0 Å². The first-order valence-electron chi connectivity index (χ1n) is 11.5. The van der Waals surface area contributed by atoms with Crippen molar-refractivity contribution >= 4 is 11.8 Å². The number of amides is 2. The Labute approximate surface area is 183 Å². The van der Waals surface area contributed by atoms with Crippen molar-refractivity contribution in [3.05, 3.63) is 60.1 Å². The maximum absolute atomic E-state index is 13.3. The average molecular weight is 423 g/mol. The number of hydrogen-bond donors (Lipinski definition) is 0. The van der Waals surface area contributed by atoms with Crippen LogP contribution in [-0.2, 0) is 20.9 Å². The maximum atomic E-state index is 13.3. The second kappa shape index (κ2) is 8.87. The highest BCUT2D eigenvalue weighted by atomic mass is 16.5. The van der Waals surface area contributed by atoms with E-state index in [0.717, 1.165) is 44.5 Å². The van der Waals surface area contributed by atoms with Gasteiger partial charge in [0.25, 0.3) is 0 Å². The topological polar surface area (TPSA) is 63.0 Å².